The number of benzene rings is 1. The van der Waals surface area contributed by atoms with Crippen molar-refractivity contribution in [3.63, 3.8) is 0 Å². The number of rotatable bonds is 3. The Kier molecular flexibility index (Phi) is 4.58. The monoisotopic (exact) mass is 329 g/mol. The fraction of sp³-hybridized carbons (Fsp3) is 0.500. The first-order valence-corrected chi connectivity index (χ1v) is 7.17. The van der Waals surface area contributed by atoms with Crippen LogP contribution in [0.2, 0.25) is 0 Å². The average molecular weight is 330 g/mol. The van der Waals surface area contributed by atoms with E-state index in [-0.39, 0.29) is 5.82 Å². The van der Waals surface area contributed by atoms with Gasteiger partial charge in [-0.25, -0.2) is 4.39 Å². The third-order valence-electron chi connectivity index (χ3n) is 3.63. The van der Waals surface area contributed by atoms with Gasteiger partial charge in [-0.2, -0.15) is 0 Å². The van der Waals surface area contributed by atoms with Crippen molar-refractivity contribution in [2.24, 2.45) is 5.92 Å². The molecule has 0 aromatic heterocycles. The Hall–Kier alpha value is -0.940. The Balaban J connectivity index is 2.11. The molecule has 1 aliphatic heterocycles. The van der Waals surface area contributed by atoms with E-state index in [1.807, 2.05) is 4.90 Å². The minimum Gasteiger partial charge on any atom is -0.480 e. The van der Waals surface area contributed by atoms with Gasteiger partial charge in [-0.05, 0) is 58.9 Å². The molecule has 2 atom stereocenters. The molecule has 1 heterocycles. The van der Waals surface area contributed by atoms with Crippen LogP contribution in [0.25, 0.3) is 0 Å². The summed E-state index contributed by atoms with van der Waals surface area (Å²) in [6.07, 6.45) is 1.68. The number of nitrogens with zero attached hydrogens (tertiary/aromatic N) is 1. The molecule has 1 aromatic carbocycles. The van der Waals surface area contributed by atoms with Gasteiger partial charge in [0, 0.05) is 6.54 Å². The molecule has 1 saturated heterocycles. The van der Waals surface area contributed by atoms with Crippen LogP contribution in [0.5, 0.6) is 0 Å². The lowest BCUT2D eigenvalue weighted by Gasteiger charge is -2.36. The lowest BCUT2D eigenvalue weighted by Crippen LogP contribution is -2.46. The van der Waals surface area contributed by atoms with Gasteiger partial charge in [0.2, 0.25) is 0 Å². The van der Waals surface area contributed by atoms with Crippen LogP contribution in [-0.2, 0) is 11.3 Å². The first-order valence-electron chi connectivity index (χ1n) is 6.38. The number of carboxylic acids is 1. The maximum Gasteiger partial charge on any atom is 0.320 e. The summed E-state index contributed by atoms with van der Waals surface area (Å²) >= 11 is 3.15. The third-order valence-corrected chi connectivity index (χ3v) is 4.24. The highest BCUT2D eigenvalue weighted by atomic mass is 79.9. The van der Waals surface area contributed by atoms with E-state index in [1.165, 1.54) is 6.07 Å². The molecule has 1 fully saturated rings. The zero-order valence-corrected chi connectivity index (χ0v) is 12.4. The second-order valence-corrected chi connectivity index (χ2v) is 6.06. The van der Waals surface area contributed by atoms with Gasteiger partial charge < -0.3 is 5.11 Å². The zero-order valence-electron chi connectivity index (χ0n) is 10.8. The molecule has 0 radical (unpaired) electrons. The molecule has 1 aromatic rings. The molecule has 104 valence electrons. The smallest absolute Gasteiger partial charge is 0.320 e. The predicted octanol–water partition coefficient (Wildman–Crippen LogP) is 3.27. The highest BCUT2D eigenvalue weighted by Crippen LogP contribution is 2.25. The van der Waals surface area contributed by atoms with Crippen molar-refractivity contribution in [3.05, 3.63) is 34.1 Å². The van der Waals surface area contributed by atoms with Crippen LogP contribution in [0, 0.1) is 11.7 Å². The summed E-state index contributed by atoms with van der Waals surface area (Å²) < 4.78 is 13.6. The number of hydrogen-bond acceptors (Lipinski definition) is 2. The molecule has 2 unspecified atom stereocenters. The highest BCUT2D eigenvalue weighted by Gasteiger charge is 2.31. The summed E-state index contributed by atoms with van der Waals surface area (Å²) in [5.41, 5.74) is 0.925. The number of aliphatic carboxylic acids is 1. The fourth-order valence-electron chi connectivity index (χ4n) is 2.51. The lowest BCUT2D eigenvalue weighted by atomic mass is 9.92. The highest BCUT2D eigenvalue weighted by molar-refractivity contribution is 9.10. The zero-order chi connectivity index (χ0) is 14.0. The van der Waals surface area contributed by atoms with Crippen LogP contribution in [0.4, 0.5) is 4.39 Å². The standard InChI is InChI=1S/C14H17BrFNO2/c1-9-4-5-17(13(6-9)14(18)19)8-10-2-3-12(16)11(15)7-10/h2-3,7,9,13H,4-6,8H2,1H3,(H,18,19). The van der Waals surface area contributed by atoms with Crippen LogP contribution < -0.4 is 0 Å². The maximum atomic E-state index is 13.2. The molecule has 5 heteroatoms. The minimum atomic E-state index is -0.771. The van der Waals surface area contributed by atoms with Crippen LogP contribution in [0.1, 0.15) is 25.3 Å². The normalized spacial score (nSPS) is 24.4. The van der Waals surface area contributed by atoms with Gasteiger partial charge in [0.05, 0.1) is 4.47 Å². The van der Waals surface area contributed by atoms with Gasteiger partial charge in [0.25, 0.3) is 0 Å². The molecule has 0 bridgehead atoms. The number of piperidine rings is 1. The van der Waals surface area contributed by atoms with Crippen molar-refractivity contribution in [1.29, 1.82) is 0 Å². The molecule has 0 saturated carbocycles. The third kappa shape index (κ3) is 3.54. The van der Waals surface area contributed by atoms with E-state index in [0.29, 0.717) is 23.4 Å². The largest absolute Gasteiger partial charge is 0.480 e. The van der Waals surface area contributed by atoms with Crippen molar-refractivity contribution in [2.75, 3.05) is 6.54 Å². The quantitative estimate of drug-likeness (QED) is 0.925. The van der Waals surface area contributed by atoms with E-state index in [0.717, 1.165) is 18.5 Å². The van der Waals surface area contributed by atoms with E-state index in [9.17, 15) is 14.3 Å². The molecule has 1 N–H and O–H groups in total. The molecular formula is C14H17BrFNO2. The Morgan fingerprint density at radius 2 is 2.32 bits per heavy atom. The molecule has 0 spiro atoms. The molecular weight excluding hydrogens is 313 g/mol. The maximum absolute atomic E-state index is 13.2. The van der Waals surface area contributed by atoms with E-state index in [4.69, 9.17) is 0 Å². The van der Waals surface area contributed by atoms with Gasteiger partial charge in [-0.1, -0.05) is 13.0 Å². The summed E-state index contributed by atoms with van der Waals surface area (Å²) in [7, 11) is 0. The first-order chi connectivity index (χ1) is 8.97. The van der Waals surface area contributed by atoms with Gasteiger partial charge in [-0.15, -0.1) is 0 Å². The average Bonchev–Trinajstić information content (AvgIpc) is 2.36. The van der Waals surface area contributed by atoms with Gasteiger partial charge in [-0.3, -0.25) is 9.69 Å². The van der Waals surface area contributed by atoms with E-state index < -0.39 is 12.0 Å². The molecule has 2 rings (SSSR count). The minimum absolute atomic E-state index is 0.300. The first kappa shape index (κ1) is 14.5. The predicted molar refractivity (Wildman–Crippen MR) is 74.3 cm³/mol. The molecule has 1 aliphatic rings. The van der Waals surface area contributed by atoms with Crippen LogP contribution >= 0.6 is 15.9 Å². The summed E-state index contributed by atoms with van der Waals surface area (Å²) in [4.78, 5) is 13.3. The van der Waals surface area contributed by atoms with E-state index in [2.05, 4.69) is 22.9 Å². The summed E-state index contributed by atoms with van der Waals surface area (Å²) in [6, 6.07) is 4.39. The van der Waals surface area contributed by atoms with Crippen molar-refractivity contribution in [3.8, 4) is 0 Å². The summed E-state index contributed by atoms with van der Waals surface area (Å²) in [5.74, 6) is -0.629. The van der Waals surface area contributed by atoms with Gasteiger partial charge in [0.15, 0.2) is 0 Å². The summed E-state index contributed by atoms with van der Waals surface area (Å²) in [6.45, 7) is 3.40. The topological polar surface area (TPSA) is 40.5 Å². The number of halogens is 2. The lowest BCUT2D eigenvalue weighted by molar-refractivity contribution is -0.145. The number of likely N-dealkylation sites (tertiary alicyclic amines) is 1. The van der Waals surface area contributed by atoms with Crippen molar-refractivity contribution < 1.29 is 14.3 Å². The van der Waals surface area contributed by atoms with Crippen molar-refractivity contribution >= 4 is 21.9 Å². The van der Waals surface area contributed by atoms with E-state index >= 15 is 0 Å². The van der Waals surface area contributed by atoms with E-state index in [1.54, 1.807) is 12.1 Å². The van der Waals surface area contributed by atoms with Gasteiger partial charge >= 0.3 is 5.97 Å². The Labute approximate surface area is 120 Å². The number of carbonyl (C=O) groups is 1. The molecule has 0 aliphatic carbocycles. The Morgan fingerprint density at radius 3 is 2.95 bits per heavy atom. The number of hydrogen-bond donors (Lipinski definition) is 1. The van der Waals surface area contributed by atoms with Crippen molar-refractivity contribution in [1.82, 2.24) is 4.90 Å². The van der Waals surface area contributed by atoms with Crippen LogP contribution in [0.15, 0.2) is 22.7 Å². The number of carboxylic acid groups (broad SMARTS) is 1. The van der Waals surface area contributed by atoms with Crippen LogP contribution in [-0.4, -0.2) is 28.6 Å². The Morgan fingerprint density at radius 1 is 1.58 bits per heavy atom. The molecule has 0 amide bonds. The van der Waals surface area contributed by atoms with Crippen LogP contribution in [0.3, 0.4) is 0 Å². The molecule has 3 nitrogen and oxygen atoms in total. The Bertz CT molecular complexity index is 481. The van der Waals surface area contributed by atoms with Crippen molar-refractivity contribution in [2.45, 2.75) is 32.4 Å². The van der Waals surface area contributed by atoms with Gasteiger partial charge in [0.1, 0.15) is 11.9 Å². The summed E-state index contributed by atoms with van der Waals surface area (Å²) in [5, 5.41) is 9.29. The second-order valence-electron chi connectivity index (χ2n) is 5.20. The SMILES string of the molecule is CC1CCN(Cc2ccc(F)c(Br)c2)C(C(=O)O)C1. The fourth-order valence-corrected chi connectivity index (χ4v) is 2.94. The molecule has 19 heavy (non-hydrogen) atoms. The second kappa shape index (κ2) is 6.01.